The first kappa shape index (κ1) is 25.5. The molecule has 1 aromatic carbocycles. The molecule has 200 valence electrons. The molecule has 38 heavy (non-hydrogen) atoms. The van der Waals surface area contributed by atoms with Crippen LogP contribution in [0.5, 0.6) is 0 Å². The fourth-order valence-corrected chi connectivity index (χ4v) is 5.46. The Kier molecular flexibility index (Phi) is 6.68. The lowest BCUT2D eigenvalue weighted by Gasteiger charge is -2.32. The molecule has 1 atom stereocenters. The average Bonchev–Trinajstić information content (AvgIpc) is 3.12. The topological polar surface area (TPSA) is 163 Å². The first-order valence-corrected chi connectivity index (χ1v) is 13.0. The molecule has 1 fully saturated rings. The largest absolute Gasteiger partial charge is 0.465 e. The van der Waals surface area contributed by atoms with Gasteiger partial charge in [0.1, 0.15) is 11.4 Å². The van der Waals surface area contributed by atoms with Crippen LogP contribution >= 0.6 is 0 Å². The van der Waals surface area contributed by atoms with Gasteiger partial charge in [-0.05, 0) is 75.6 Å². The number of rotatable bonds is 6. The number of nitrogens with zero attached hydrogens (tertiary/aromatic N) is 3. The number of hydrogen-bond acceptors (Lipinski definition) is 7. The Morgan fingerprint density at radius 3 is 2.76 bits per heavy atom. The monoisotopic (exact) mass is 519 g/mol. The van der Waals surface area contributed by atoms with Gasteiger partial charge in [-0.25, -0.2) is 9.78 Å². The molecule has 11 heteroatoms. The number of fused-ring (bicyclic) bond motifs is 1. The normalized spacial score (nSPS) is 20.3. The summed E-state index contributed by atoms with van der Waals surface area (Å²) in [7, 11) is 0. The second kappa shape index (κ2) is 9.96. The highest BCUT2D eigenvalue weighted by Crippen LogP contribution is 2.45. The predicted octanol–water partition coefficient (Wildman–Crippen LogP) is 3.74. The molecule has 6 N–H and O–H groups in total. The number of carboxylic acid groups (broad SMARTS) is 1. The van der Waals surface area contributed by atoms with Crippen LogP contribution in [0, 0.1) is 0 Å². The van der Waals surface area contributed by atoms with Crippen molar-refractivity contribution >= 4 is 46.6 Å². The summed E-state index contributed by atoms with van der Waals surface area (Å²) < 4.78 is 0. The quantitative estimate of drug-likeness (QED) is 0.385. The molecule has 3 heterocycles. The van der Waals surface area contributed by atoms with Gasteiger partial charge in [0.2, 0.25) is 11.9 Å². The van der Waals surface area contributed by atoms with E-state index in [1.165, 1.54) is 11.8 Å². The highest BCUT2D eigenvalue weighted by Gasteiger charge is 2.40. The molecule has 0 radical (unpaired) electrons. The maximum absolute atomic E-state index is 12.8. The highest BCUT2D eigenvalue weighted by molar-refractivity contribution is 6.09. The predicted molar refractivity (Wildman–Crippen MR) is 145 cm³/mol. The Hall–Kier alpha value is -4.15. The molecule has 0 saturated carbocycles. The van der Waals surface area contributed by atoms with Crippen molar-refractivity contribution in [1.82, 2.24) is 15.3 Å². The lowest BCUT2D eigenvalue weighted by molar-refractivity contribution is -0.119. The zero-order chi connectivity index (χ0) is 27.0. The van der Waals surface area contributed by atoms with Gasteiger partial charge in [-0.1, -0.05) is 6.08 Å². The van der Waals surface area contributed by atoms with Crippen LogP contribution in [-0.2, 0) is 10.2 Å². The van der Waals surface area contributed by atoms with Gasteiger partial charge in [-0.2, -0.15) is 4.98 Å². The summed E-state index contributed by atoms with van der Waals surface area (Å²) in [5.41, 5.74) is 9.64. The Balaban J connectivity index is 1.53. The fourth-order valence-electron chi connectivity index (χ4n) is 5.46. The van der Waals surface area contributed by atoms with E-state index in [0.29, 0.717) is 24.7 Å². The molecule has 11 nitrogen and oxygen atoms in total. The Morgan fingerprint density at radius 1 is 1.24 bits per heavy atom. The minimum absolute atomic E-state index is 0.0564. The van der Waals surface area contributed by atoms with Gasteiger partial charge in [0.05, 0.1) is 11.1 Å². The van der Waals surface area contributed by atoms with Gasteiger partial charge >= 0.3 is 6.09 Å². The molecule has 1 saturated heterocycles. The molecule has 1 aromatic heterocycles. The van der Waals surface area contributed by atoms with E-state index in [1.807, 2.05) is 30.9 Å². The molecule has 0 spiro atoms. The molecular weight excluding hydrogens is 486 g/mol. The Bertz CT molecular complexity index is 1340. The number of anilines is 4. The first-order valence-electron chi connectivity index (χ1n) is 13.0. The van der Waals surface area contributed by atoms with E-state index in [9.17, 15) is 14.4 Å². The van der Waals surface area contributed by atoms with E-state index >= 15 is 0 Å². The number of allylic oxidation sites excluding steroid dienone is 2. The third-order valence-corrected chi connectivity index (χ3v) is 7.59. The van der Waals surface area contributed by atoms with Crippen molar-refractivity contribution in [3.05, 3.63) is 41.1 Å². The SMILES string of the molecule is CC1(C)C(=O)Nc2c(C3=CCCCC3)cc(Nc3nc(N4CCC[C@H](NC(=O)O)C4)ncc3C(N)=O)cc21. The van der Waals surface area contributed by atoms with Crippen molar-refractivity contribution in [2.75, 3.05) is 28.6 Å². The molecule has 0 bridgehead atoms. The van der Waals surface area contributed by atoms with Crippen molar-refractivity contribution in [1.29, 1.82) is 0 Å². The molecule has 2 aliphatic heterocycles. The van der Waals surface area contributed by atoms with Crippen molar-refractivity contribution < 1.29 is 19.5 Å². The Labute approximate surface area is 220 Å². The lowest BCUT2D eigenvalue weighted by atomic mass is 9.83. The van der Waals surface area contributed by atoms with Gasteiger partial charge in [-0.3, -0.25) is 9.59 Å². The van der Waals surface area contributed by atoms with E-state index in [0.717, 1.165) is 55.3 Å². The van der Waals surface area contributed by atoms with Gasteiger partial charge in [-0.15, -0.1) is 0 Å². The van der Waals surface area contributed by atoms with E-state index < -0.39 is 17.4 Å². The van der Waals surface area contributed by atoms with Crippen LogP contribution in [0.3, 0.4) is 0 Å². The van der Waals surface area contributed by atoms with Crippen LogP contribution in [-0.4, -0.2) is 52.1 Å². The van der Waals surface area contributed by atoms with Crippen LogP contribution in [0.1, 0.15) is 73.9 Å². The zero-order valence-corrected chi connectivity index (χ0v) is 21.6. The summed E-state index contributed by atoms with van der Waals surface area (Å²) in [6.45, 7) is 4.87. The fraction of sp³-hybridized carbons (Fsp3) is 0.444. The Morgan fingerprint density at radius 2 is 2.05 bits per heavy atom. The van der Waals surface area contributed by atoms with Gasteiger partial charge in [0, 0.05) is 36.6 Å². The van der Waals surface area contributed by atoms with Crippen molar-refractivity contribution in [3.8, 4) is 0 Å². The van der Waals surface area contributed by atoms with E-state index in [-0.39, 0.29) is 23.3 Å². The number of primary amides is 1. The van der Waals surface area contributed by atoms with Crippen LogP contribution in [0.2, 0.25) is 0 Å². The highest BCUT2D eigenvalue weighted by atomic mass is 16.4. The smallest absolute Gasteiger partial charge is 0.404 e. The third kappa shape index (κ3) is 4.88. The van der Waals surface area contributed by atoms with Gasteiger partial charge < -0.3 is 31.7 Å². The number of amides is 3. The molecule has 2 aromatic rings. The lowest BCUT2D eigenvalue weighted by Crippen LogP contribution is -2.48. The number of benzene rings is 1. The molecule has 0 unspecified atom stereocenters. The van der Waals surface area contributed by atoms with Crippen LogP contribution in [0.25, 0.3) is 5.57 Å². The summed E-state index contributed by atoms with van der Waals surface area (Å²) in [5, 5.41) is 18.0. The second-order valence-corrected chi connectivity index (χ2v) is 10.7. The van der Waals surface area contributed by atoms with E-state index in [1.54, 1.807) is 0 Å². The molecule has 5 rings (SSSR count). The number of carbonyl (C=O) groups excluding carboxylic acids is 2. The maximum atomic E-state index is 12.8. The second-order valence-electron chi connectivity index (χ2n) is 10.7. The zero-order valence-electron chi connectivity index (χ0n) is 21.6. The average molecular weight is 520 g/mol. The number of nitrogens with one attached hydrogen (secondary N) is 3. The summed E-state index contributed by atoms with van der Waals surface area (Å²) in [5.74, 6) is -0.0897. The molecular formula is C27H33N7O4. The van der Waals surface area contributed by atoms with Crippen molar-refractivity contribution in [2.24, 2.45) is 5.73 Å². The number of aromatic nitrogens is 2. The van der Waals surface area contributed by atoms with Gasteiger partial charge in [0.25, 0.3) is 5.91 Å². The molecule has 3 amide bonds. The first-order chi connectivity index (χ1) is 18.1. The van der Waals surface area contributed by atoms with E-state index in [2.05, 4.69) is 32.0 Å². The van der Waals surface area contributed by atoms with Gasteiger partial charge in [0.15, 0.2) is 0 Å². The summed E-state index contributed by atoms with van der Waals surface area (Å²) in [4.78, 5) is 47.1. The molecule has 3 aliphatic rings. The van der Waals surface area contributed by atoms with E-state index in [4.69, 9.17) is 10.8 Å². The summed E-state index contributed by atoms with van der Waals surface area (Å²) in [6.07, 6.45) is 8.21. The van der Waals surface area contributed by atoms with Crippen molar-refractivity contribution in [2.45, 2.75) is 63.8 Å². The van der Waals surface area contributed by atoms with Crippen LogP contribution in [0.15, 0.2) is 24.4 Å². The number of nitrogens with two attached hydrogens (primary N) is 1. The summed E-state index contributed by atoms with van der Waals surface area (Å²) >= 11 is 0. The third-order valence-electron chi connectivity index (χ3n) is 7.59. The maximum Gasteiger partial charge on any atom is 0.404 e. The van der Waals surface area contributed by atoms with Crippen LogP contribution < -0.4 is 26.6 Å². The minimum atomic E-state index is -1.07. The van der Waals surface area contributed by atoms with Crippen molar-refractivity contribution in [3.63, 3.8) is 0 Å². The number of carbonyl (C=O) groups is 3. The summed E-state index contributed by atoms with van der Waals surface area (Å²) in [6, 6.07) is 3.66. The number of piperidine rings is 1. The minimum Gasteiger partial charge on any atom is -0.465 e. The molecule has 1 aliphatic carbocycles. The standard InChI is InChI=1S/C27H33N7O4/c1-27(2)20-12-17(11-18(21(20)32-24(27)36)15-7-4-3-5-8-15)30-23-19(22(28)35)13-29-25(33-23)34-10-6-9-16(14-34)31-26(37)38/h7,11-13,16,31H,3-6,8-10,14H2,1-2H3,(H2,28,35)(H,32,36)(H,37,38)(H,29,30,33)/t16-/m0/s1. The number of hydrogen-bond donors (Lipinski definition) is 5. The van der Waals surface area contributed by atoms with Crippen LogP contribution in [0.4, 0.5) is 27.9 Å².